The topological polar surface area (TPSA) is 26.8 Å². The van der Waals surface area contributed by atoms with E-state index < -0.39 is 0 Å². The molecule has 0 unspecified atom stereocenters. The number of carbonyl (C=O) groups is 1. The Bertz CT molecular complexity index is 449. The van der Waals surface area contributed by atoms with Crippen molar-refractivity contribution < 1.29 is 4.79 Å². The molecule has 0 aromatic heterocycles. The third-order valence-corrected chi connectivity index (χ3v) is 3.95. The van der Waals surface area contributed by atoms with E-state index >= 15 is 0 Å². The number of hydrogen-bond acceptors (Lipinski definition) is 2. The second-order valence-electron chi connectivity index (χ2n) is 5.27. The van der Waals surface area contributed by atoms with E-state index in [1.165, 1.54) is 11.3 Å². The van der Waals surface area contributed by atoms with Gasteiger partial charge in [0.05, 0.1) is 0 Å². The minimum Gasteiger partial charge on any atom is -0.368 e. The molecule has 0 atom stereocenters. The van der Waals surface area contributed by atoms with Crippen LogP contribution in [-0.4, -0.2) is 55.1 Å². The van der Waals surface area contributed by atoms with Crippen LogP contribution in [0.1, 0.15) is 19.4 Å². The van der Waals surface area contributed by atoms with Crippen molar-refractivity contribution in [1.29, 1.82) is 0 Å². The van der Waals surface area contributed by atoms with Crippen molar-refractivity contribution in [3.8, 4) is 0 Å². The van der Waals surface area contributed by atoms with Gasteiger partial charge in [-0.25, -0.2) is 4.79 Å². The smallest absolute Gasteiger partial charge is 0.320 e. The summed E-state index contributed by atoms with van der Waals surface area (Å²) >= 11 is 0. The van der Waals surface area contributed by atoms with Crippen LogP contribution in [0, 0.1) is 6.92 Å². The van der Waals surface area contributed by atoms with Crippen molar-refractivity contribution in [2.75, 3.05) is 44.2 Å². The summed E-state index contributed by atoms with van der Waals surface area (Å²) in [6.45, 7) is 11.2. The van der Waals surface area contributed by atoms with Gasteiger partial charge in [0.1, 0.15) is 0 Å². The summed E-state index contributed by atoms with van der Waals surface area (Å²) in [7, 11) is 0. The van der Waals surface area contributed by atoms with E-state index in [9.17, 15) is 4.79 Å². The van der Waals surface area contributed by atoms with Crippen LogP contribution in [0.15, 0.2) is 24.3 Å². The predicted molar refractivity (Wildman–Crippen MR) is 83.3 cm³/mol. The minimum absolute atomic E-state index is 0.180. The third-order valence-electron chi connectivity index (χ3n) is 3.95. The summed E-state index contributed by atoms with van der Waals surface area (Å²) in [5, 5.41) is 0. The fraction of sp³-hybridized carbons (Fsp3) is 0.562. The molecule has 0 bridgehead atoms. The van der Waals surface area contributed by atoms with Gasteiger partial charge in [-0.1, -0.05) is 12.1 Å². The SMILES string of the molecule is CCN(CC)C(=O)N1CCN(c2cccc(C)c2)CC1. The highest BCUT2D eigenvalue weighted by Gasteiger charge is 2.23. The Kier molecular flexibility index (Phi) is 4.88. The highest BCUT2D eigenvalue weighted by molar-refractivity contribution is 5.74. The van der Waals surface area contributed by atoms with Gasteiger partial charge in [-0.3, -0.25) is 0 Å². The van der Waals surface area contributed by atoms with E-state index in [-0.39, 0.29) is 6.03 Å². The lowest BCUT2D eigenvalue weighted by Gasteiger charge is -2.38. The molecule has 1 aliphatic heterocycles. The monoisotopic (exact) mass is 275 g/mol. The Labute approximate surface area is 122 Å². The van der Waals surface area contributed by atoms with Crippen LogP contribution in [0.4, 0.5) is 10.5 Å². The molecule has 4 heteroatoms. The van der Waals surface area contributed by atoms with Gasteiger partial charge in [-0.05, 0) is 38.5 Å². The van der Waals surface area contributed by atoms with E-state index in [0.717, 1.165) is 39.3 Å². The van der Waals surface area contributed by atoms with Crippen LogP contribution in [0.3, 0.4) is 0 Å². The number of anilines is 1. The van der Waals surface area contributed by atoms with Gasteiger partial charge in [-0.2, -0.15) is 0 Å². The highest BCUT2D eigenvalue weighted by Crippen LogP contribution is 2.18. The zero-order valence-electron chi connectivity index (χ0n) is 12.8. The molecule has 0 radical (unpaired) electrons. The van der Waals surface area contributed by atoms with Gasteiger partial charge in [0.2, 0.25) is 0 Å². The average molecular weight is 275 g/mol. The molecule has 1 heterocycles. The molecular formula is C16H25N3O. The summed E-state index contributed by atoms with van der Waals surface area (Å²) in [5.74, 6) is 0. The molecule has 1 saturated heterocycles. The number of nitrogens with zero attached hydrogens (tertiary/aromatic N) is 3. The number of amides is 2. The van der Waals surface area contributed by atoms with Crippen molar-refractivity contribution in [3.05, 3.63) is 29.8 Å². The minimum atomic E-state index is 0.180. The Morgan fingerprint density at radius 2 is 1.80 bits per heavy atom. The van der Waals surface area contributed by atoms with Crippen LogP contribution >= 0.6 is 0 Å². The maximum absolute atomic E-state index is 12.3. The molecule has 0 saturated carbocycles. The van der Waals surface area contributed by atoms with E-state index in [1.54, 1.807) is 0 Å². The van der Waals surface area contributed by atoms with Crippen LogP contribution in [0.5, 0.6) is 0 Å². The lowest BCUT2D eigenvalue weighted by Crippen LogP contribution is -2.52. The molecule has 1 fully saturated rings. The molecule has 2 rings (SSSR count). The number of piperazine rings is 1. The fourth-order valence-electron chi connectivity index (χ4n) is 2.67. The Balaban J connectivity index is 1.94. The van der Waals surface area contributed by atoms with E-state index in [2.05, 4.69) is 36.1 Å². The second kappa shape index (κ2) is 6.64. The van der Waals surface area contributed by atoms with Gasteiger partial charge in [0.25, 0.3) is 0 Å². The first kappa shape index (κ1) is 14.7. The first-order chi connectivity index (χ1) is 9.65. The molecule has 0 N–H and O–H groups in total. The molecule has 4 nitrogen and oxygen atoms in total. The summed E-state index contributed by atoms with van der Waals surface area (Å²) < 4.78 is 0. The van der Waals surface area contributed by atoms with E-state index in [1.807, 2.05) is 23.6 Å². The molecular weight excluding hydrogens is 250 g/mol. The van der Waals surface area contributed by atoms with E-state index in [4.69, 9.17) is 0 Å². The van der Waals surface area contributed by atoms with Crippen LogP contribution in [0.2, 0.25) is 0 Å². The van der Waals surface area contributed by atoms with Gasteiger partial charge in [0, 0.05) is 45.0 Å². The summed E-state index contributed by atoms with van der Waals surface area (Å²) in [6, 6.07) is 8.75. The molecule has 110 valence electrons. The van der Waals surface area contributed by atoms with Crippen molar-refractivity contribution >= 4 is 11.7 Å². The van der Waals surface area contributed by atoms with Gasteiger partial charge in [-0.15, -0.1) is 0 Å². The third kappa shape index (κ3) is 3.24. The van der Waals surface area contributed by atoms with Crippen molar-refractivity contribution in [2.24, 2.45) is 0 Å². The first-order valence-electron chi connectivity index (χ1n) is 7.51. The largest absolute Gasteiger partial charge is 0.368 e. The standard InChI is InChI=1S/C16H25N3O/c1-4-17(5-2)16(20)19-11-9-18(10-12-19)15-8-6-7-14(3)13-15/h6-8,13H,4-5,9-12H2,1-3H3. The lowest BCUT2D eigenvalue weighted by atomic mass is 10.2. The molecule has 1 aromatic rings. The Hall–Kier alpha value is -1.71. The second-order valence-corrected chi connectivity index (χ2v) is 5.27. The maximum Gasteiger partial charge on any atom is 0.320 e. The summed E-state index contributed by atoms with van der Waals surface area (Å²) in [4.78, 5) is 18.5. The Morgan fingerprint density at radius 3 is 2.35 bits per heavy atom. The van der Waals surface area contributed by atoms with Crippen LogP contribution in [0.25, 0.3) is 0 Å². The van der Waals surface area contributed by atoms with E-state index in [0.29, 0.717) is 0 Å². The van der Waals surface area contributed by atoms with Gasteiger partial charge >= 0.3 is 6.03 Å². The lowest BCUT2D eigenvalue weighted by molar-refractivity contribution is 0.154. The summed E-state index contributed by atoms with van der Waals surface area (Å²) in [5.41, 5.74) is 2.55. The summed E-state index contributed by atoms with van der Waals surface area (Å²) in [6.07, 6.45) is 0. The molecule has 1 aromatic carbocycles. The number of carbonyl (C=O) groups excluding carboxylic acids is 1. The van der Waals surface area contributed by atoms with Gasteiger partial charge < -0.3 is 14.7 Å². The van der Waals surface area contributed by atoms with Crippen LogP contribution in [-0.2, 0) is 0 Å². The maximum atomic E-state index is 12.3. The fourth-order valence-corrected chi connectivity index (χ4v) is 2.67. The normalized spacial score (nSPS) is 15.3. The number of urea groups is 1. The Morgan fingerprint density at radius 1 is 1.15 bits per heavy atom. The quantitative estimate of drug-likeness (QED) is 0.847. The molecule has 20 heavy (non-hydrogen) atoms. The predicted octanol–water partition coefficient (Wildman–Crippen LogP) is 2.58. The number of benzene rings is 1. The molecule has 1 aliphatic rings. The van der Waals surface area contributed by atoms with Gasteiger partial charge in [0.15, 0.2) is 0 Å². The first-order valence-corrected chi connectivity index (χ1v) is 7.51. The van der Waals surface area contributed by atoms with Crippen LogP contribution < -0.4 is 4.90 Å². The number of rotatable bonds is 3. The molecule has 2 amide bonds. The average Bonchev–Trinajstić information content (AvgIpc) is 2.48. The zero-order valence-corrected chi connectivity index (χ0v) is 12.8. The number of hydrogen-bond donors (Lipinski definition) is 0. The van der Waals surface area contributed by atoms with Crippen molar-refractivity contribution in [2.45, 2.75) is 20.8 Å². The zero-order chi connectivity index (χ0) is 14.5. The highest BCUT2D eigenvalue weighted by atomic mass is 16.2. The molecule has 0 spiro atoms. The molecule has 0 aliphatic carbocycles. The number of aryl methyl sites for hydroxylation is 1. The van der Waals surface area contributed by atoms with Crippen molar-refractivity contribution in [1.82, 2.24) is 9.80 Å². The van der Waals surface area contributed by atoms with Crippen molar-refractivity contribution in [3.63, 3.8) is 0 Å².